The first-order valence-electron chi connectivity index (χ1n) is 3.70. The van der Waals surface area contributed by atoms with Crippen molar-refractivity contribution in [1.82, 2.24) is 0 Å². The standard InChI is InChI=1S/C8H12O3/c1-5-4-6(8(10)11)2-3-7(5)9/h2-3,5-7,9H,4H2,1H3,(H,10,11). The van der Waals surface area contributed by atoms with Crippen molar-refractivity contribution < 1.29 is 15.0 Å². The van der Waals surface area contributed by atoms with Crippen LogP contribution in [0.1, 0.15) is 13.3 Å². The second-order valence-electron chi connectivity index (χ2n) is 3.03. The van der Waals surface area contributed by atoms with Gasteiger partial charge in [0, 0.05) is 0 Å². The van der Waals surface area contributed by atoms with Gasteiger partial charge in [0.15, 0.2) is 0 Å². The average Bonchev–Trinajstić information content (AvgIpc) is 1.94. The molecule has 3 heteroatoms. The van der Waals surface area contributed by atoms with E-state index in [1.807, 2.05) is 6.92 Å². The molecule has 0 bridgehead atoms. The van der Waals surface area contributed by atoms with Gasteiger partial charge in [-0.1, -0.05) is 19.1 Å². The molecule has 1 aliphatic rings. The van der Waals surface area contributed by atoms with Gasteiger partial charge < -0.3 is 10.2 Å². The first-order chi connectivity index (χ1) is 5.11. The highest BCUT2D eigenvalue weighted by Crippen LogP contribution is 2.23. The third kappa shape index (κ3) is 1.80. The number of aliphatic hydroxyl groups excluding tert-OH is 1. The highest BCUT2D eigenvalue weighted by Gasteiger charge is 2.25. The molecule has 0 saturated heterocycles. The molecule has 0 saturated carbocycles. The van der Waals surface area contributed by atoms with E-state index in [0.29, 0.717) is 6.42 Å². The first kappa shape index (κ1) is 8.27. The second kappa shape index (κ2) is 3.05. The normalized spacial score (nSPS) is 37.1. The van der Waals surface area contributed by atoms with Crippen LogP contribution in [0.5, 0.6) is 0 Å². The van der Waals surface area contributed by atoms with E-state index in [9.17, 15) is 9.90 Å². The van der Waals surface area contributed by atoms with E-state index in [1.54, 1.807) is 12.2 Å². The molecular weight excluding hydrogens is 144 g/mol. The molecule has 0 aromatic heterocycles. The van der Waals surface area contributed by atoms with Gasteiger partial charge in [0.05, 0.1) is 12.0 Å². The minimum absolute atomic E-state index is 0.0566. The molecule has 0 fully saturated rings. The van der Waals surface area contributed by atoms with Crippen molar-refractivity contribution in [1.29, 1.82) is 0 Å². The summed E-state index contributed by atoms with van der Waals surface area (Å²) in [6.45, 7) is 1.85. The summed E-state index contributed by atoms with van der Waals surface area (Å²) in [5, 5.41) is 17.8. The Labute approximate surface area is 65.3 Å². The van der Waals surface area contributed by atoms with Gasteiger partial charge >= 0.3 is 5.97 Å². The molecule has 0 aromatic carbocycles. The fourth-order valence-corrected chi connectivity index (χ4v) is 1.24. The van der Waals surface area contributed by atoms with E-state index in [1.165, 1.54) is 0 Å². The van der Waals surface area contributed by atoms with Gasteiger partial charge in [0.1, 0.15) is 0 Å². The Morgan fingerprint density at radius 1 is 1.55 bits per heavy atom. The zero-order valence-corrected chi connectivity index (χ0v) is 6.40. The molecule has 0 spiro atoms. The van der Waals surface area contributed by atoms with Crippen molar-refractivity contribution in [2.45, 2.75) is 19.4 Å². The number of aliphatic carboxylic acids is 1. The van der Waals surface area contributed by atoms with Crippen LogP contribution in [-0.2, 0) is 4.79 Å². The minimum Gasteiger partial charge on any atom is -0.481 e. The lowest BCUT2D eigenvalue weighted by Crippen LogP contribution is -2.26. The number of carboxylic acid groups (broad SMARTS) is 1. The molecule has 1 aliphatic carbocycles. The van der Waals surface area contributed by atoms with E-state index in [2.05, 4.69) is 0 Å². The number of carboxylic acids is 1. The van der Waals surface area contributed by atoms with Crippen LogP contribution in [-0.4, -0.2) is 22.3 Å². The number of carbonyl (C=O) groups is 1. The predicted molar refractivity (Wildman–Crippen MR) is 40.1 cm³/mol. The zero-order chi connectivity index (χ0) is 8.43. The Balaban J connectivity index is 2.63. The molecule has 1 rings (SSSR count). The highest BCUT2D eigenvalue weighted by molar-refractivity contribution is 5.72. The number of rotatable bonds is 1. The summed E-state index contributed by atoms with van der Waals surface area (Å²) in [6.07, 6.45) is 3.19. The fourth-order valence-electron chi connectivity index (χ4n) is 1.24. The van der Waals surface area contributed by atoms with Gasteiger partial charge in [-0.25, -0.2) is 0 Å². The number of hydrogen-bond donors (Lipinski definition) is 2. The van der Waals surface area contributed by atoms with E-state index in [0.717, 1.165) is 0 Å². The zero-order valence-electron chi connectivity index (χ0n) is 6.40. The van der Waals surface area contributed by atoms with E-state index in [4.69, 9.17) is 5.11 Å². The monoisotopic (exact) mass is 156 g/mol. The minimum atomic E-state index is -0.806. The molecule has 0 radical (unpaired) electrons. The molecule has 3 nitrogen and oxygen atoms in total. The maximum Gasteiger partial charge on any atom is 0.310 e. The maximum absolute atomic E-state index is 10.5. The number of aliphatic hydroxyl groups is 1. The van der Waals surface area contributed by atoms with Crippen LogP contribution >= 0.6 is 0 Å². The van der Waals surface area contributed by atoms with Gasteiger partial charge in [-0.3, -0.25) is 4.79 Å². The third-order valence-electron chi connectivity index (χ3n) is 2.07. The van der Waals surface area contributed by atoms with Crippen LogP contribution < -0.4 is 0 Å². The fraction of sp³-hybridized carbons (Fsp3) is 0.625. The molecule has 0 aliphatic heterocycles. The Hall–Kier alpha value is -0.830. The van der Waals surface area contributed by atoms with Crippen LogP contribution in [0.2, 0.25) is 0 Å². The quantitative estimate of drug-likeness (QED) is 0.548. The largest absolute Gasteiger partial charge is 0.481 e. The molecule has 0 aromatic rings. The molecule has 0 amide bonds. The summed E-state index contributed by atoms with van der Waals surface area (Å²) in [7, 11) is 0. The third-order valence-corrected chi connectivity index (χ3v) is 2.07. The summed E-state index contributed by atoms with van der Waals surface area (Å²) in [6, 6.07) is 0. The Morgan fingerprint density at radius 3 is 2.64 bits per heavy atom. The van der Waals surface area contributed by atoms with Gasteiger partial charge in [-0.05, 0) is 12.3 Å². The molecule has 3 unspecified atom stereocenters. The summed E-state index contributed by atoms with van der Waals surface area (Å²) in [5.41, 5.74) is 0. The Morgan fingerprint density at radius 2 is 2.18 bits per heavy atom. The SMILES string of the molecule is CC1CC(C(=O)O)C=CC1O. The Bertz CT molecular complexity index is 186. The van der Waals surface area contributed by atoms with Crippen molar-refractivity contribution >= 4 is 5.97 Å². The second-order valence-corrected chi connectivity index (χ2v) is 3.03. The lowest BCUT2D eigenvalue weighted by Gasteiger charge is -2.22. The molecule has 0 heterocycles. The van der Waals surface area contributed by atoms with Crippen molar-refractivity contribution in [3.63, 3.8) is 0 Å². The molecule has 2 N–H and O–H groups in total. The van der Waals surface area contributed by atoms with E-state index >= 15 is 0 Å². The average molecular weight is 156 g/mol. The van der Waals surface area contributed by atoms with Gasteiger partial charge in [0.25, 0.3) is 0 Å². The van der Waals surface area contributed by atoms with Crippen molar-refractivity contribution in [2.75, 3.05) is 0 Å². The van der Waals surface area contributed by atoms with Crippen molar-refractivity contribution in [3.8, 4) is 0 Å². The molecule has 11 heavy (non-hydrogen) atoms. The topological polar surface area (TPSA) is 57.5 Å². The molecule has 3 atom stereocenters. The van der Waals surface area contributed by atoms with Gasteiger partial charge in [-0.2, -0.15) is 0 Å². The van der Waals surface area contributed by atoms with Crippen LogP contribution in [0.4, 0.5) is 0 Å². The highest BCUT2D eigenvalue weighted by atomic mass is 16.4. The maximum atomic E-state index is 10.5. The van der Waals surface area contributed by atoms with Crippen LogP contribution in [0, 0.1) is 11.8 Å². The van der Waals surface area contributed by atoms with Crippen LogP contribution in [0.15, 0.2) is 12.2 Å². The van der Waals surface area contributed by atoms with E-state index < -0.39 is 18.0 Å². The summed E-state index contributed by atoms with van der Waals surface area (Å²) in [5.74, 6) is -1.16. The lowest BCUT2D eigenvalue weighted by atomic mass is 9.86. The van der Waals surface area contributed by atoms with E-state index in [-0.39, 0.29) is 5.92 Å². The van der Waals surface area contributed by atoms with Crippen molar-refractivity contribution in [3.05, 3.63) is 12.2 Å². The lowest BCUT2D eigenvalue weighted by molar-refractivity contribution is -0.141. The smallest absolute Gasteiger partial charge is 0.310 e. The van der Waals surface area contributed by atoms with Crippen LogP contribution in [0.3, 0.4) is 0 Å². The Kier molecular flexibility index (Phi) is 2.29. The van der Waals surface area contributed by atoms with Crippen molar-refractivity contribution in [2.24, 2.45) is 11.8 Å². The summed E-state index contributed by atoms with van der Waals surface area (Å²) >= 11 is 0. The number of hydrogen-bond acceptors (Lipinski definition) is 2. The van der Waals surface area contributed by atoms with Gasteiger partial charge in [-0.15, -0.1) is 0 Å². The predicted octanol–water partition coefficient (Wildman–Crippen LogP) is 0.644. The van der Waals surface area contributed by atoms with Crippen LogP contribution in [0.25, 0.3) is 0 Å². The molecular formula is C8H12O3. The first-order valence-corrected chi connectivity index (χ1v) is 3.70. The summed E-state index contributed by atoms with van der Waals surface area (Å²) < 4.78 is 0. The van der Waals surface area contributed by atoms with Gasteiger partial charge in [0.2, 0.25) is 0 Å². The summed E-state index contributed by atoms with van der Waals surface area (Å²) in [4.78, 5) is 10.5. The molecule has 62 valence electrons.